The van der Waals surface area contributed by atoms with E-state index in [2.05, 4.69) is 10.6 Å². The third-order valence-electron chi connectivity index (χ3n) is 3.95. The fourth-order valence-corrected chi connectivity index (χ4v) is 2.88. The largest absolute Gasteiger partial charge is 0.451 e. The van der Waals surface area contributed by atoms with Crippen LogP contribution in [0.5, 0.6) is 0 Å². The first-order valence-electron chi connectivity index (χ1n) is 7.33. The molecule has 2 heterocycles. The molecule has 0 spiro atoms. The Morgan fingerprint density at radius 3 is 3.05 bits per heavy atom. The minimum absolute atomic E-state index is 0.136. The topological polar surface area (TPSA) is 71.3 Å². The van der Waals surface area contributed by atoms with Crippen LogP contribution in [-0.4, -0.2) is 24.4 Å². The highest BCUT2D eigenvalue weighted by Crippen LogP contribution is 2.28. The lowest BCUT2D eigenvalue weighted by molar-refractivity contribution is -0.122. The summed E-state index contributed by atoms with van der Waals surface area (Å²) >= 11 is 5.98. The zero-order chi connectivity index (χ0) is 15.7. The molecule has 1 aromatic heterocycles. The van der Waals surface area contributed by atoms with E-state index in [0.29, 0.717) is 23.6 Å². The van der Waals surface area contributed by atoms with E-state index in [1.165, 1.54) is 0 Å². The van der Waals surface area contributed by atoms with Gasteiger partial charge in [-0.25, -0.2) is 0 Å². The number of aryl methyl sites for hydroxylation is 1. The highest BCUT2D eigenvalue weighted by Gasteiger charge is 2.25. The molecule has 0 radical (unpaired) electrons. The second kappa shape index (κ2) is 6.01. The van der Waals surface area contributed by atoms with Crippen molar-refractivity contribution in [3.05, 3.63) is 34.5 Å². The number of amides is 2. The maximum Gasteiger partial charge on any atom is 0.287 e. The molecular formula is C16H17ClN2O3. The summed E-state index contributed by atoms with van der Waals surface area (Å²) in [6, 6.07) is 4.71. The van der Waals surface area contributed by atoms with Gasteiger partial charge in [-0.2, -0.15) is 0 Å². The van der Waals surface area contributed by atoms with E-state index in [0.717, 1.165) is 23.8 Å². The van der Waals surface area contributed by atoms with Gasteiger partial charge in [0.1, 0.15) is 11.6 Å². The Bertz CT molecular complexity index is 738. The van der Waals surface area contributed by atoms with Crippen LogP contribution < -0.4 is 10.6 Å². The zero-order valence-electron chi connectivity index (χ0n) is 12.2. The molecule has 5 nitrogen and oxygen atoms in total. The fourth-order valence-electron chi connectivity index (χ4n) is 2.71. The van der Waals surface area contributed by atoms with Crippen LogP contribution in [0.15, 0.2) is 22.6 Å². The molecule has 0 saturated carbocycles. The molecule has 116 valence electrons. The number of hydrogen-bond acceptors (Lipinski definition) is 3. The summed E-state index contributed by atoms with van der Waals surface area (Å²) in [5, 5.41) is 6.96. The molecule has 2 amide bonds. The van der Waals surface area contributed by atoms with Crippen molar-refractivity contribution in [1.29, 1.82) is 0 Å². The first kappa shape index (κ1) is 14.9. The minimum atomic E-state index is -0.508. The van der Waals surface area contributed by atoms with Crippen molar-refractivity contribution in [2.24, 2.45) is 0 Å². The van der Waals surface area contributed by atoms with Gasteiger partial charge < -0.3 is 15.1 Å². The van der Waals surface area contributed by atoms with E-state index in [1.807, 2.05) is 6.92 Å². The smallest absolute Gasteiger partial charge is 0.287 e. The summed E-state index contributed by atoms with van der Waals surface area (Å²) in [6.45, 7) is 2.47. The Balaban J connectivity index is 1.85. The van der Waals surface area contributed by atoms with Crippen molar-refractivity contribution < 1.29 is 14.0 Å². The van der Waals surface area contributed by atoms with E-state index >= 15 is 0 Å². The number of benzene rings is 1. The predicted molar refractivity (Wildman–Crippen MR) is 84.1 cm³/mol. The maximum atomic E-state index is 12.4. The Kier molecular flexibility index (Phi) is 4.07. The highest BCUT2D eigenvalue weighted by atomic mass is 35.5. The highest BCUT2D eigenvalue weighted by molar-refractivity contribution is 6.31. The van der Waals surface area contributed by atoms with E-state index in [-0.39, 0.29) is 17.6 Å². The lowest BCUT2D eigenvalue weighted by Gasteiger charge is -2.14. The van der Waals surface area contributed by atoms with Gasteiger partial charge in [-0.15, -0.1) is 0 Å². The normalized spacial score (nSPS) is 18.8. The summed E-state index contributed by atoms with van der Waals surface area (Å²) in [5.41, 5.74) is 1.33. The molecule has 1 fully saturated rings. The van der Waals surface area contributed by atoms with E-state index in [4.69, 9.17) is 16.0 Å². The molecule has 1 aliphatic rings. The van der Waals surface area contributed by atoms with Crippen molar-refractivity contribution in [3.63, 3.8) is 0 Å². The Morgan fingerprint density at radius 1 is 1.41 bits per heavy atom. The van der Waals surface area contributed by atoms with Gasteiger partial charge in [0.05, 0.1) is 0 Å². The van der Waals surface area contributed by atoms with E-state index in [9.17, 15) is 9.59 Å². The summed E-state index contributed by atoms with van der Waals surface area (Å²) in [6.07, 6.45) is 2.47. The number of halogens is 1. The number of rotatable bonds is 2. The molecule has 1 aliphatic heterocycles. The lowest BCUT2D eigenvalue weighted by Crippen LogP contribution is -2.45. The van der Waals surface area contributed by atoms with Crippen molar-refractivity contribution in [2.45, 2.75) is 32.2 Å². The molecule has 6 heteroatoms. The maximum absolute atomic E-state index is 12.4. The molecule has 0 bridgehead atoms. The third kappa shape index (κ3) is 2.81. The van der Waals surface area contributed by atoms with Crippen molar-refractivity contribution in [1.82, 2.24) is 10.6 Å². The van der Waals surface area contributed by atoms with E-state index in [1.54, 1.807) is 18.2 Å². The first-order chi connectivity index (χ1) is 10.6. The molecule has 22 heavy (non-hydrogen) atoms. The molecule has 3 rings (SSSR count). The van der Waals surface area contributed by atoms with Crippen LogP contribution in [0, 0.1) is 6.92 Å². The molecule has 0 aliphatic carbocycles. The standard InChI is InChI=1S/C16H17ClN2O3/c1-9-11-8-10(17)5-6-13(11)22-14(9)16(21)19-12-4-2-3-7-18-15(12)20/h5-6,8,12H,2-4,7H2,1H3,(H,18,20)(H,19,21)/t12-/m1/s1. The van der Waals surface area contributed by atoms with Gasteiger partial charge in [-0.1, -0.05) is 11.6 Å². The molecule has 2 N–H and O–H groups in total. The molecule has 1 saturated heterocycles. The van der Waals surface area contributed by atoms with Gasteiger partial charge >= 0.3 is 0 Å². The van der Waals surface area contributed by atoms with Crippen LogP contribution >= 0.6 is 11.6 Å². The molecule has 1 aromatic carbocycles. The SMILES string of the molecule is Cc1c(C(=O)N[C@@H]2CCCCNC2=O)oc2ccc(Cl)cc12. The van der Waals surface area contributed by atoms with E-state index < -0.39 is 6.04 Å². The lowest BCUT2D eigenvalue weighted by atomic mass is 10.1. The predicted octanol–water partition coefficient (Wildman–Crippen LogP) is 2.79. The number of fused-ring (bicyclic) bond motifs is 1. The number of hydrogen-bond donors (Lipinski definition) is 2. The summed E-state index contributed by atoms with van der Waals surface area (Å²) in [7, 11) is 0. The van der Waals surface area contributed by atoms with Gasteiger partial charge in [0.25, 0.3) is 5.91 Å². The van der Waals surface area contributed by atoms with Gasteiger partial charge in [-0.3, -0.25) is 9.59 Å². The number of carbonyl (C=O) groups excluding carboxylic acids is 2. The average molecular weight is 321 g/mol. The second-order valence-corrected chi connectivity index (χ2v) is 5.95. The first-order valence-corrected chi connectivity index (χ1v) is 7.71. The van der Waals surface area contributed by atoms with Gasteiger partial charge in [0.15, 0.2) is 5.76 Å². The summed E-state index contributed by atoms with van der Waals surface area (Å²) in [4.78, 5) is 24.3. The van der Waals surface area contributed by atoms with Crippen molar-refractivity contribution >= 4 is 34.4 Å². The molecule has 0 unspecified atom stereocenters. The number of carbonyl (C=O) groups is 2. The van der Waals surface area contributed by atoms with Gasteiger partial charge in [0, 0.05) is 22.5 Å². The number of furan rings is 1. The Hall–Kier alpha value is -2.01. The minimum Gasteiger partial charge on any atom is -0.451 e. The summed E-state index contributed by atoms with van der Waals surface area (Å²) in [5.74, 6) is -0.274. The monoisotopic (exact) mass is 320 g/mol. The van der Waals surface area contributed by atoms with Gasteiger partial charge in [0.2, 0.25) is 5.91 Å². The second-order valence-electron chi connectivity index (χ2n) is 5.51. The zero-order valence-corrected chi connectivity index (χ0v) is 13.0. The Morgan fingerprint density at radius 2 is 2.23 bits per heavy atom. The van der Waals surface area contributed by atoms with Crippen molar-refractivity contribution in [2.75, 3.05) is 6.54 Å². The molecular weight excluding hydrogens is 304 g/mol. The van der Waals surface area contributed by atoms with Gasteiger partial charge in [-0.05, 0) is 44.4 Å². The van der Waals surface area contributed by atoms with Crippen LogP contribution in [-0.2, 0) is 4.79 Å². The van der Waals surface area contributed by atoms with Crippen LogP contribution in [0.2, 0.25) is 5.02 Å². The van der Waals surface area contributed by atoms with Crippen LogP contribution in [0.1, 0.15) is 35.4 Å². The fraction of sp³-hybridized carbons (Fsp3) is 0.375. The van der Waals surface area contributed by atoms with Crippen LogP contribution in [0.4, 0.5) is 0 Å². The van der Waals surface area contributed by atoms with Crippen LogP contribution in [0.25, 0.3) is 11.0 Å². The average Bonchev–Trinajstić information content (AvgIpc) is 2.68. The Labute approximate surface area is 133 Å². The third-order valence-corrected chi connectivity index (χ3v) is 4.18. The molecule has 2 aromatic rings. The summed E-state index contributed by atoms with van der Waals surface area (Å²) < 4.78 is 5.62. The number of nitrogens with one attached hydrogen (secondary N) is 2. The quantitative estimate of drug-likeness (QED) is 0.893. The van der Waals surface area contributed by atoms with Crippen molar-refractivity contribution in [3.8, 4) is 0 Å². The van der Waals surface area contributed by atoms with Crippen LogP contribution in [0.3, 0.4) is 0 Å². The molecule has 1 atom stereocenters.